The van der Waals surface area contributed by atoms with E-state index in [1.54, 1.807) is 24.3 Å². The Hall–Kier alpha value is -1.95. The van der Waals surface area contributed by atoms with Gasteiger partial charge in [-0.05, 0) is 32.9 Å². The molecule has 0 aliphatic rings. The molecule has 0 unspecified atom stereocenters. The first-order valence-electron chi connectivity index (χ1n) is 5.42. The topological polar surface area (TPSA) is 52.3 Å². The van der Waals surface area contributed by atoms with E-state index in [4.69, 9.17) is 10.5 Å². The van der Waals surface area contributed by atoms with Crippen molar-refractivity contribution in [1.82, 2.24) is 0 Å². The molecule has 1 aromatic carbocycles. The lowest BCUT2D eigenvalue weighted by atomic mass is 9.98. The molecule has 17 heavy (non-hydrogen) atoms. The standard InChI is InChI=1S/C14H17NO2/c1-14(2,3)9-6-10-17-12-8-5-4-7-11(12)13(15)16/h4-5,7-8H,10H2,1-3H3,(H2,15,16). The number of benzene rings is 1. The second-order valence-corrected chi connectivity index (χ2v) is 4.70. The van der Waals surface area contributed by atoms with Gasteiger partial charge in [-0.2, -0.15) is 0 Å². The molecule has 0 radical (unpaired) electrons. The molecule has 90 valence electrons. The number of rotatable bonds is 3. The molecule has 0 atom stereocenters. The normalized spacial score (nSPS) is 10.3. The van der Waals surface area contributed by atoms with E-state index in [0.29, 0.717) is 11.3 Å². The fourth-order valence-electron chi connectivity index (χ4n) is 1.21. The van der Waals surface area contributed by atoms with Crippen LogP contribution in [0.4, 0.5) is 0 Å². The summed E-state index contributed by atoms with van der Waals surface area (Å²) < 4.78 is 5.42. The summed E-state index contributed by atoms with van der Waals surface area (Å²) in [6, 6.07) is 6.88. The van der Waals surface area contributed by atoms with Crippen molar-refractivity contribution in [1.29, 1.82) is 0 Å². The Morgan fingerprint density at radius 1 is 1.35 bits per heavy atom. The van der Waals surface area contributed by atoms with Crippen molar-refractivity contribution in [2.75, 3.05) is 6.61 Å². The summed E-state index contributed by atoms with van der Waals surface area (Å²) in [5.41, 5.74) is 5.56. The molecule has 3 heteroatoms. The number of nitrogens with two attached hydrogens (primary N) is 1. The molecular weight excluding hydrogens is 214 g/mol. The predicted octanol–water partition coefficient (Wildman–Crippen LogP) is 2.21. The lowest BCUT2D eigenvalue weighted by Crippen LogP contribution is -2.13. The SMILES string of the molecule is CC(C)(C)C#CCOc1ccccc1C(N)=O. The number of primary amides is 1. The van der Waals surface area contributed by atoms with Gasteiger partial charge < -0.3 is 10.5 Å². The molecule has 0 aliphatic carbocycles. The Balaban J connectivity index is 2.69. The van der Waals surface area contributed by atoms with Gasteiger partial charge in [0.25, 0.3) is 5.91 Å². The van der Waals surface area contributed by atoms with Gasteiger partial charge in [-0.3, -0.25) is 4.79 Å². The van der Waals surface area contributed by atoms with E-state index in [1.165, 1.54) is 0 Å². The molecule has 1 rings (SSSR count). The van der Waals surface area contributed by atoms with Crippen LogP contribution in [0.1, 0.15) is 31.1 Å². The summed E-state index contributed by atoms with van der Waals surface area (Å²) in [4.78, 5) is 11.1. The van der Waals surface area contributed by atoms with Crippen LogP contribution in [0.5, 0.6) is 5.75 Å². The molecule has 1 aromatic rings. The highest BCUT2D eigenvalue weighted by atomic mass is 16.5. The zero-order valence-electron chi connectivity index (χ0n) is 10.4. The maximum absolute atomic E-state index is 11.1. The van der Waals surface area contributed by atoms with Gasteiger partial charge in [0.05, 0.1) is 5.56 Å². The Bertz CT molecular complexity index is 461. The zero-order valence-corrected chi connectivity index (χ0v) is 10.4. The van der Waals surface area contributed by atoms with Crippen molar-refractivity contribution in [2.24, 2.45) is 11.1 Å². The summed E-state index contributed by atoms with van der Waals surface area (Å²) >= 11 is 0. The van der Waals surface area contributed by atoms with Crippen molar-refractivity contribution in [2.45, 2.75) is 20.8 Å². The maximum atomic E-state index is 11.1. The number of ether oxygens (including phenoxy) is 1. The molecule has 0 saturated carbocycles. The molecule has 0 bridgehead atoms. The van der Waals surface area contributed by atoms with Gasteiger partial charge >= 0.3 is 0 Å². The number of carbonyl (C=O) groups is 1. The van der Waals surface area contributed by atoms with Gasteiger partial charge in [0.1, 0.15) is 12.4 Å². The van der Waals surface area contributed by atoms with Crippen LogP contribution in [0.2, 0.25) is 0 Å². The third-order valence-electron chi connectivity index (χ3n) is 1.92. The molecule has 0 fully saturated rings. The minimum atomic E-state index is -0.496. The van der Waals surface area contributed by atoms with Crippen molar-refractivity contribution < 1.29 is 9.53 Å². The van der Waals surface area contributed by atoms with Crippen molar-refractivity contribution in [3.63, 3.8) is 0 Å². The summed E-state index contributed by atoms with van der Waals surface area (Å²) in [7, 11) is 0. The van der Waals surface area contributed by atoms with Gasteiger partial charge in [0, 0.05) is 5.41 Å². The van der Waals surface area contributed by atoms with Crippen LogP contribution in [0.25, 0.3) is 0 Å². The predicted molar refractivity (Wildman–Crippen MR) is 67.7 cm³/mol. The summed E-state index contributed by atoms with van der Waals surface area (Å²) in [5, 5.41) is 0. The van der Waals surface area contributed by atoms with Gasteiger partial charge in [0.15, 0.2) is 0 Å². The van der Waals surface area contributed by atoms with Crippen LogP contribution >= 0.6 is 0 Å². The van der Waals surface area contributed by atoms with Gasteiger partial charge in [-0.1, -0.05) is 24.0 Å². The van der Waals surface area contributed by atoms with E-state index >= 15 is 0 Å². The smallest absolute Gasteiger partial charge is 0.252 e. The average molecular weight is 231 g/mol. The van der Waals surface area contributed by atoms with E-state index in [2.05, 4.69) is 11.8 Å². The van der Waals surface area contributed by atoms with E-state index in [-0.39, 0.29) is 12.0 Å². The highest BCUT2D eigenvalue weighted by molar-refractivity contribution is 5.95. The molecular formula is C14H17NO2. The maximum Gasteiger partial charge on any atom is 0.252 e. The fourth-order valence-corrected chi connectivity index (χ4v) is 1.21. The second-order valence-electron chi connectivity index (χ2n) is 4.70. The largest absolute Gasteiger partial charge is 0.480 e. The van der Waals surface area contributed by atoms with E-state index in [0.717, 1.165) is 0 Å². The Morgan fingerprint density at radius 2 is 2.00 bits per heavy atom. The van der Waals surface area contributed by atoms with Crippen molar-refractivity contribution in [3.05, 3.63) is 29.8 Å². The lowest BCUT2D eigenvalue weighted by molar-refractivity contribution is 0.0997. The van der Waals surface area contributed by atoms with Crippen LogP contribution in [-0.4, -0.2) is 12.5 Å². The van der Waals surface area contributed by atoms with Crippen LogP contribution < -0.4 is 10.5 Å². The van der Waals surface area contributed by atoms with Crippen LogP contribution in [0, 0.1) is 17.3 Å². The molecule has 1 amide bonds. The number of hydrogen-bond acceptors (Lipinski definition) is 2. The summed E-state index contributed by atoms with van der Waals surface area (Å²) in [5.74, 6) is 5.94. The Kier molecular flexibility index (Phi) is 4.17. The first kappa shape index (κ1) is 13.1. The Morgan fingerprint density at radius 3 is 2.59 bits per heavy atom. The third kappa shape index (κ3) is 4.60. The molecule has 2 N–H and O–H groups in total. The summed E-state index contributed by atoms with van der Waals surface area (Å²) in [6.45, 7) is 6.33. The minimum Gasteiger partial charge on any atom is -0.480 e. The first-order chi connectivity index (χ1) is 7.90. The number of hydrogen-bond donors (Lipinski definition) is 1. The number of para-hydroxylation sites is 1. The number of carbonyl (C=O) groups excluding carboxylic acids is 1. The fraction of sp³-hybridized carbons (Fsp3) is 0.357. The average Bonchev–Trinajstić information content (AvgIpc) is 2.23. The van der Waals surface area contributed by atoms with Crippen LogP contribution in [-0.2, 0) is 0 Å². The molecule has 0 heterocycles. The number of amides is 1. The third-order valence-corrected chi connectivity index (χ3v) is 1.92. The molecule has 0 saturated heterocycles. The summed E-state index contributed by atoms with van der Waals surface area (Å²) in [6.07, 6.45) is 0. The van der Waals surface area contributed by atoms with Gasteiger partial charge in [-0.15, -0.1) is 0 Å². The van der Waals surface area contributed by atoms with Crippen molar-refractivity contribution in [3.8, 4) is 17.6 Å². The van der Waals surface area contributed by atoms with E-state index in [1.807, 2.05) is 20.8 Å². The molecule has 3 nitrogen and oxygen atoms in total. The highest BCUT2D eigenvalue weighted by Gasteiger charge is 2.07. The van der Waals surface area contributed by atoms with Gasteiger partial charge in [0.2, 0.25) is 0 Å². The van der Waals surface area contributed by atoms with Crippen LogP contribution in [0.15, 0.2) is 24.3 Å². The van der Waals surface area contributed by atoms with E-state index in [9.17, 15) is 4.79 Å². The highest BCUT2D eigenvalue weighted by Crippen LogP contribution is 2.17. The zero-order chi connectivity index (χ0) is 12.9. The minimum absolute atomic E-state index is 0.0490. The quantitative estimate of drug-likeness (QED) is 0.811. The molecule has 0 aliphatic heterocycles. The van der Waals surface area contributed by atoms with Gasteiger partial charge in [-0.25, -0.2) is 0 Å². The van der Waals surface area contributed by atoms with E-state index < -0.39 is 5.91 Å². The lowest BCUT2D eigenvalue weighted by Gasteiger charge is -2.08. The molecule has 0 spiro atoms. The monoisotopic (exact) mass is 231 g/mol. The Labute approximate surface area is 102 Å². The molecule has 0 aromatic heterocycles. The van der Waals surface area contributed by atoms with Crippen molar-refractivity contribution >= 4 is 5.91 Å². The van der Waals surface area contributed by atoms with Crippen LogP contribution in [0.3, 0.4) is 0 Å². The second kappa shape index (κ2) is 5.40. The first-order valence-corrected chi connectivity index (χ1v) is 5.42.